The van der Waals surface area contributed by atoms with E-state index in [2.05, 4.69) is 25.9 Å². The number of rotatable bonds is 3. The van der Waals surface area contributed by atoms with Crippen molar-refractivity contribution in [2.24, 2.45) is 5.84 Å². The molecule has 0 aromatic carbocycles. The third-order valence-electron chi connectivity index (χ3n) is 2.54. The molecule has 2 aromatic heterocycles. The standard InChI is InChI=1S/C11H14N6O/c1-6-10(7(2)17-16-6)14-11(18)8-3-4-9(15-12)13-5-8/h3-5H,12H2,1-2H3,(H,13,15)(H,14,18)(H,16,17). The lowest BCUT2D eigenvalue weighted by molar-refractivity contribution is 0.102. The first kappa shape index (κ1) is 12.1. The molecule has 0 saturated heterocycles. The second kappa shape index (κ2) is 4.84. The summed E-state index contributed by atoms with van der Waals surface area (Å²) in [5.41, 5.74) is 5.11. The largest absolute Gasteiger partial charge is 0.319 e. The predicted molar refractivity (Wildman–Crippen MR) is 68.1 cm³/mol. The Labute approximate surface area is 104 Å². The molecule has 0 aliphatic carbocycles. The number of carbonyl (C=O) groups excluding carboxylic acids is 1. The first-order valence-corrected chi connectivity index (χ1v) is 5.37. The number of hydrogen-bond donors (Lipinski definition) is 4. The van der Waals surface area contributed by atoms with Crippen molar-refractivity contribution < 1.29 is 4.79 Å². The number of amides is 1. The van der Waals surface area contributed by atoms with Crippen molar-refractivity contribution in [1.82, 2.24) is 15.2 Å². The van der Waals surface area contributed by atoms with Gasteiger partial charge in [-0.1, -0.05) is 0 Å². The Morgan fingerprint density at radius 3 is 2.67 bits per heavy atom. The van der Waals surface area contributed by atoms with Crippen molar-refractivity contribution in [2.75, 3.05) is 10.7 Å². The van der Waals surface area contributed by atoms with Gasteiger partial charge in [0.2, 0.25) is 0 Å². The van der Waals surface area contributed by atoms with Crippen molar-refractivity contribution >= 4 is 17.4 Å². The fourth-order valence-corrected chi connectivity index (χ4v) is 1.53. The highest BCUT2D eigenvalue weighted by atomic mass is 16.1. The second-order valence-electron chi connectivity index (χ2n) is 3.84. The number of hydrogen-bond acceptors (Lipinski definition) is 5. The van der Waals surface area contributed by atoms with E-state index >= 15 is 0 Å². The molecular formula is C11H14N6O. The number of H-pyrrole nitrogens is 1. The van der Waals surface area contributed by atoms with Crippen molar-refractivity contribution in [3.63, 3.8) is 0 Å². The number of nitrogens with one attached hydrogen (secondary N) is 3. The first-order chi connectivity index (χ1) is 8.61. The Morgan fingerprint density at radius 1 is 1.39 bits per heavy atom. The lowest BCUT2D eigenvalue weighted by atomic mass is 10.2. The smallest absolute Gasteiger partial charge is 0.257 e. The molecule has 0 unspecified atom stereocenters. The van der Waals surface area contributed by atoms with E-state index in [4.69, 9.17) is 5.84 Å². The number of nitrogen functional groups attached to an aromatic ring is 1. The number of aryl methyl sites for hydroxylation is 2. The molecule has 18 heavy (non-hydrogen) atoms. The summed E-state index contributed by atoms with van der Waals surface area (Å²) in [6.07, 6.45) is 1.45. The van der Waals surface area contributed by atoms with Gasteiger partial charge in [-0.15, -0.1) is 0 Å². The van der Waals surface area contributed by atoms with Gasteiger partial charge in [0.1, 0.15) is 5.82 Å². The van der Waals surface area contributed by atoms with Crippen LogP contribution in [-0.4, -0.2) is 21.1 Å². The molecule has 0 radical (unpaired) electrons. The van der Waals surface area contributed by atoms with Gasteiger partial charge in [0.15, 0.2) is 0 Å². The summed E-state index contributed by atoms with van der Waals surface area (Å²) in [5.74, 6) is 5.46. The number of nitrogens with zero attached hydrogens (tertiary/aromatic N) is 2. The van der Waals surface area contributed by atoms with Crippen LogP contribution < -0.4 is 16.6 Å². The maximum absolute atomic E-state index is 12.0. The van der Waals surface area contributed by atoms with E-state index in [0.717, 1.165) is 11.4 Å². The number of carbonyl (C=O) groups is 1. The highest BCUT2D eigenvalue weighted by Crippen LogP contribution is 2.17. The van der Waals surface area contributed by atoms with Crippen molar-refractivity contribution in [2.45, 2.75) is 13.8 Å². The Morgan fingerprint density at radius 2 is 2.17 bits per heavy atom. The Bertz CT molecular complexity index is 540. The van der Waals surface area contributed by atoms with Crippen molar-refractivity contribution in [3.05, 3.63) is 35.3 Å². The van der Waals surface area contributed by atoms with Crippen LogP contribution in [0.5, 0.6) is 0 Å². The Balaban J connectivity index is 2.17. The number of anilines is 2. The molecule has 0 aliphatic rings. The fourth-order valence-electron chi connectivity index (χ4n) is 1.53. The molecule has 1 amide bonds. The molecule has 2 heterocycles. The zero-order chi connectivity index (χ0) is 13.1. The zero-order valence-corrected chi connectivity index (χ0v) is 10.1. The van der Waals surface area contributed by atoms with E-state index in [-0.39, 0.29) is 5.91 Å². The molecule has 0 aliphatic heterocycles. The molecule has 94 valence electrons. The van der Waals surface area contributed by atoms with Crippen molar-refractivity contribution in [1.29, 1.82) is 0 Å². The van der Waals surface area contributed by atoms with Crippen LogP contribution in [-0.2, 0) is 0 Å². The van der Waals surface area contributed by atoms with Gasteiger partial charge in [-0.25, -0.2) is 10.8 Å². The lowest BCUT2D eigenvalue weighted by Gasteiger charge is -2.05. The molecule has 2 aromatic rings. The summed E-state index contributed by atoms with van der Waals surface area (Å²) in [6, 6.07) is 3.27. The minimum atomic E-state index is -0.237. The van der Waals surface area contributed by atoms with E-state index in [0.29, 0.717) is 17.1 Å². The average molecular weight is 246 g/mol. The molecular weight excluding hydrogens is 232 g/mol. The van der Waals surface area contributed by atoms with Gasteiger partial charge in [0.05, 0.1) is 22.6 Å². The molecule has 0 saturated carbocycles. The summed E-state index contributed by atoms with van der Waals surface area (Å²) in [5, 5.41) is 9.60. The number of hydrazine groups is 1. The van der Waals surface area contributed by atoms with Crippen LogP contribution in [0.2, 0.25) is 0 Å². The fraction of sp³-hybridized carbons (Fsp3) is 0.182. The highest BCUT2D eigenvalue weighted by molar-refractivity contribution is 6.04. The molecule has 5 N–H and O–H groups in total. The number of nitrogens with two attached hydrogens (primary N) is 1. The van der Waals surface area contributed by atoms with E-state index in [1.807, 2.05) is 13.8 Å². The van der Waals surface area contributed by atoms with Gasteiger partial charge < -0.3 is 10.7 Å². The zero-order valence-electron chi connectivity index (χ0n) is 10.1. The third-order valence-corrected chi connectivity index (χ3v) is 2.54. The molecule has 7 heteroatoms. The topological polar surface area (TPSA) is 109 Å². The molecule has 0 fully saturated rings. The second-order valence-corrected chi connectivity index (χ2v) is 3.84. The lowest BCUT2D eigenvalue weighted by Crippen LogP contribution is -2.14. The molecule has 0 atom stereocenters. The molecule has 0 spiro atoms. The maximum atomic E-state index is 12.0. The summed E-state index contributed by atoms with van der Waals surface area (Å²) in [4.78, 5) is 15.9. The molecule has 0 bridgehead atoms. The summed E-state index contributed by atoms with van der Waals surface area (Å²) in [6.45, 7) is 3.66. The maximum Gasteiger partial charge on any atom is 0.257 e. The van der Waals surface area contributed by atoms with E-state index < -0.39 is 0 Å². The van der Waals surface area contributed by atoms with Crippen LogP contribution in [0, 0.1) is 13.8 Å². The van der Waals surface area contributed by atoms with Crippen LogP contribution in [0.3, 0.4) is 0 Å². The van der Waals surface area contributed by atoms with Gasteiger partial charge in [-0.05, 0) is 26.0 Å². The third kappa shape index (κ3) is 2.30. The Kier molecular flexibility index (Phi) is 3.24. The minimum Gasteiger partial charge on any atom is -0.319 e. The number of aromatic amines is 1. The Hall–Kier alpha value is -2.41. The molecule has 7 nitrogen and oxygen atoms in total. The van der Waals surface area contributed by atoms with Crippen LogP contribution in [0.15, 0.2) is 18.3 Å². The average Bonchev–Trinajstić information content (AvgIpc) is 2.70. The number of pyridine rings is 1. The first-order valence-electron chi connectivity index (χ1n) is 5.37. The summed E-state index contributed by atoms with van der Waals surface area (Å²) in [7, 11) is 0. The van der Waals surface area contributed by atoms with E-state index in [1.54, 1.807) is 12.1 Å². The van der Waals surface area contributed by atoms with Gasteiger partial charge in [0.25, 0.3) is 5.91 Å². The van der Waals surface area contributed by atoms with Gasteiger partial charge in [-0.3, -0.25) is 9.89 Å². The monoisotopic (exact) mass is 246 g/mol. The number of aromatic nitrogens is 3. The van der Waals surface area contributed by atoms with Crippen LogP contribution in [0.4, 0.5) is 11.5 Å². The van der Waals surface area contributed by atoms with Crippen LogP contribution in [0.1, 0.15) is 21.7 Å². The minimum absolute atomic E-state index is 0.237. The van der Waals surface area contributed by atoms with E-state index in [9.17, 15) is 4.79 Å². The van der Waals surface area contributed by atoms with Crippen LogP contribution in [0.25, 0.3) is 0 Å². The SMILES string of the molecule is Cc1n[nH]c(C)c1NC(=O)c1ccc(NN)nc1. The van der Waals surface area contributed by atoms with Gasteiger partial charge >= 0.3 is 0 Å². The van der Waals surface area contributed by atoms with Gasteiger partial charge in [0, 0.05) is 6.20 Å². The van der Waals surface area contributed by atoms with E-state index in [1.165, 1.54) is 6.20 Å². The predicted octanol–water partition coefficient (Wildman–Crippen LogP) is 0.959. The summed E-state index contributed by atoms with van der Waals surface area (Å²) >= 11 is 0. The normalized spacial score (nSPS) is 10.2. The quantitative estimate of drug-likeness (QED) is 0.476. The van der Waals surface area contributed by atoms with Crippen LogP contribution >= 0.6 is 0 Å². The van der Waals surface area contributed by atoms with Gasteiger partial charge in [-0.2, -0.15) is 5.10 Å². The summed E-state index contributed by atoms with van der Waals surface area (Å²) < 4.78 is 0. The van der Waals surface area contributed by atoms with Crippen molar-refractivity contribution in [3.8, 4) is 0 Å². The highest BCUT2D eigenvalue weighted by Gasteiger charge is 2.12. The molecule has 2 rings (SSSR count).